The molecule has 2 atom stereocenters. The molecule has 72 valence electrons. The molecule has 12 heavy (non-hydrogen) atoms. The fraction of sp³-hybridized carbons (Fsp3) is 1.00. The van der Waals surface area contributed by atoms with Crippen LogP contribution in [0.25, 0.3) is 0 Å². The molecule has 0 aromatic rings. The fourth-order valence-corrected chi connectivity index (χ4v) is 3.19. The molecule has 0 aromatic carbocycles. The van der Waals surface area contributed by atoms with Gasteiger partial charge in [-0.15, -0.1) is 0 Å². The van der Waals surface area contributed by atoms with E-state index >= 15 is 0 Å². The van der Waals surface area contributed by atoms with Crippen LogP contribution in [0.3, 0.4) is 0 Å². The quantitative estimate of drug-likeness (QED) is 0.646. The molecule has 4 nitrogen and oxygen atoms in total. The average molecular weight is 193 g/mol. The maximum absolute atomic E-state index is 11.6. The summed E-state index contributed by atoms with van der Waals surface area (Å²) in [5, 5.41) is 0. The molecule has 0 radical (unpaired) electrons. The van der Waals surface area contributed by atoms with Crippen LogP contribution < -0.4 is 5.73 Å². The Morgan fingerprint density at radius 3 is 2.92 bits per heavy atom. The Bertz CT molecular complexity index is 179. The third kappa shape index (κ3) is 2.56. The molecular formula is C7H16NO3P. The minimum Gasteiger partial charge on any atom is -0.368 e. The van der Waals surface area contributed by atoms with Gasteiger partial charge in [-0.2, -0.15) is 0 Å². The fourth-order valence-electron chi connectivity index (χ4n) is 1.34. The third-order valence-electron chi connectivity index (χ3n) is 2.04. The zero-order valence-corrected chi connectivity index (χ0v) is 8.00. The summed E-state index contributed by atoms with van der Waals surface area (Å²) in [6.07, 6.45) is 2.53. The zero-order chi connectivity index (χ0) is 9.03. The lowest BCUT2D eigenvalue weighted by Gasteiger charge is -2.17. The number of rotatable bonds is 4. The molecule has 1 heterocycles. The highest BCUT2D eigenvalue weighted by molar-refractivity contribution is 7.58. The van der Waals surface area contributed by atoms with Gasteiger partial charge in [0, 0.05) is 12.8 Å². The van der Waals surface area contributed by atoms with Gasteiger partial charge in [-0.05, 0) is 25.8 Å². The van der Waals surface area contributed by atoms with E-state index in [1.807, 2.05) is 0 Å². The highest BCUT2D eigenvalue weighted by Crippen LogP contribution is 2.50. The second-order valence-electron chi connectivity index (χ2n) is 3.09. The van der Waals surface area contributed by atoms with Crippen molar-refractivity contribution in [3.8, 4) is 0 Å². The molecule has 5 heteroatoms. The van der Waals surface area contributed by atoms with E-state index in [-0.39, 0.29) is 0 Å². The standard InChI is InChI=1S/C7H16NO3P/c8-4-2-6-12(9,10)7-3-1-5-11-7/h7H,1-6,8H2,(H,9,10). The Kier molecular flexibility index (Phi) is 3.72. The summed E-state index contributed by atoms with van der Waals surface area (Å²) >= 11 is 0. The van der Waals surface area contributed by atoms with Gasteiger partial charge in [-0.1, -0.05) is 0 Å². The monoisotopic (exact) mass is 193 g/mol. The van der Waals surface area contributed by atoms with E-state index in [4.69, 9.17) is 10.5 Å². The van der Waals surface area contributed by atoms with Crippen LogP contribution in [0.5, 0.6) is 0 Å². The highest BCUT2D eigenvalue weighted by Gasteiger charge is 2.33. The number of hydrogen-bond donors (Lipinski definition) is 2. The molecule has 0 bridgehead atoms. The van der Waals surface area contributed by atoms with Crippen molar-refractivity contribution < 1.29 is 14.2 Å². The van der Waals surface area contributed by atoms with Gasteiger partial charge in [0.25, 0.3) is 0 Å². The van der Waals surface area contributed by atoms with Gasteiger partial charge in [0.15, 0.2) is 0 Å². The summed E-state index contributed by atoms with van der Waals surface area (Å²) in [5.74, 6) is -0.413. The predicted molar refractivity (Wildman–Crippen MR) is 47.3 cm³/mol. The Morgan fingerprint density at radius 1 is 1.67 bits per heavy atom. The van der Waals surface area contributed by atoms with Crippen molar-refractivity contribution in [2.45, 2.75) is 25.1 Å². The lowest BCUT2D eigenvalue weighted by molar-refractivity contribution is 0.154. The third-order valence-corrected chi connectivity index (χ3v) is 4.30. The second kappa shape index (κ2) is 4.38. The highest BCUT2D eigenvalue weighted by atomic mass is 31.2. The van der Waals surface area contributed by atoms with Crippen molar-refractivity contribution in [1.82, 2.24) is 0 Å². The van der Waals surface area contributed by atoms with Crippen LogP contribution >= 0.6 is 7.37 Å². The minimum absolute atomic E-state index is 0.300. The molecule has 0 aromatic heterocycles. The van der Waals surface area contributed by atoms with E-state index in [0.29, 0.717) is 25.7 Å². The largest absolute Gasteiger partial charge is 0.368 e. The van der Waals surface area contributed by atoms with Gasteiger partial charge in [0.1, 0.15) is 5.85 Å². The average Bonchev–Trinajstić information content (AvgIpc) is 2.53. The van der Waals surface area contributed by atoms with Crippen LogP contribution in [-0.2, 0) is 9.30 Å². The smallest absolute Gasteiger partial charge is 0.228 e. The van der Waals surface area contributed by atoms with E-state index in [0.717, 1.165) is 12.8 Å². The van der Waals surface area contributed by atoms with E-state index in [2.05, 4.69) is 0 Å². The molecule has 0 aliphatic carbocycles. The van der Waals surface area contributed by atoms with Gasteiger partial charge in [-0.3, -0.25) is 4.57 Å². The SMILES string of the molecule is NCCCP(=O)(O)C1CCCO1. The molecule has 1 aliphatic heterocycles. The normalized spacial score (nSPS) is 28.7. The number of ether oxygens (including phenoxy) is 1. The molecule has 1 rings (SSSR count). The molecule has 2 unspecified atom stereocenters. The first-order valence-corrected chi connectivity index (χ1v) is 6.21. The molecule has 1 aliphatic rings. The van der Waals surface area contributed by atoms with Crippen molar-refractivity contribution >= 4 is 7.37 Å². The summed E-state index contributed by atoms with van der Waals surface area (Å²) in [4.78, 5) is 9.52. The molecule has 1 fully saturated rings. The first kappa shape index (κ1) is 10.2. The van der Waals surface area contributed by atoms with E-state index in [1.54, 1.807) is 0 Å². The molecule has 3 N–H and O–H groups in total. The lowest BCUT2D eigenvalue weighted by atomic mass is 10.4. The van der Waals surface area contributed by atoms with Gasteiger partial charge in [-0.25, -0.2) is 0 Å². The van der Waals surface area contributed by atoms with Gasteiger partial charge >= 0.3 is 0 Å². The summed E-state index contributed by atoms with van der Waals surface area (Å²) in [6.45, 7) is 1.09. The summed E-state index contributed by atoms with van der Waals surface area (Å²) < 4.78 is 16.7. The Labute approximate surface area is 72.5 Å². The van der Waals surface area contributed by atoms with Crippen molar-refractivity contribution in [2.75, 3.05) is 19.3 Å². The van der Waals surface area contributed by atoms with Gasteiger partial charge < -0.3 is 15.4 Å². The van der Waals surface area contributed by atoms with Gasteiger partial charge in [0.2, 0.25) is 7.37 Å². The minimum atomic E-state index is -3.06. The molecule has 0 saturated carbocycles. The Morgan fingerprint density at radius 2 is 2.42 bits per heavy atom. The van der Waals surface area contributed by atoms with E-state index < -0.39 is 13.2 Å². The summed E-state index contributed by atoms with van der Waals surface area (Å²) in [5.41, 5.74) is 5.26. The summed E-state index contributed by atoms with van der Waals surface area (Å²) in [6, 6.07) is 0. The van der Waals surface area contributed by atoms with E-state index in [9.17, 15) is 9.46 Å². The van der Waals surface area contributed by atoms with Crippen molar-refractivity contribution in [3.63, 3.8) is 0 Å². The lowest BCUT2D eigenvalue weighted by Crippen LogP contribution is -2.11. The van der Waals surface area contributed by atoms with Crippen LogP contribution in [0.4, 0.5) is 0 Å². The number of hydrogen-bond acceptors (Lipinski definition) is 3. The van der Waals surface area contributed by atoms with Crippen LogP contribution in [0.1, 0.15) is 19.3 Å². The van der Waals surface area contributed by atoms with E-state index in [1.165, 1.54) is 0 Å². The van der Waals surface area contributed by atoms with Crippen LogP contribution in [-0.4, -0.2) is 30.1 Å². The topological polar surface area (TPSA) is 72.6 Å². The first-order valence-electron chi connectivity index (χ1n) is 4.30. The first-order chi connectivity index (χ1) is 5.67. The number of nitrogens with two attached hydrogens (primary N) is 1. The van der Waals surface area contributed by atoms with Crippen molar-refractivity contribution in [2.24, 2.45) is 5.73 Å². The Hall–Kier alpha value is 0.110. The summed E-state index contributed by atoms with van der Waals surface area (Å²) in [7, 11) is -3.06. The predicted octanol–water partition coefficient (Wildman–Crippen LogP) is 0.742. The van der Waals surface area contributed by atoms with Gasteiger partial charge in [0.05, 0.1) is 0 Å². The maximum Gasteiger partial charge on any atom is 0.228 e. The maximum atomic E-state index is 11.6. The molecule has 0 spiro atoms. The molecular weight excluding hydrogens is 177 g/mol. The molecule has 1 saturated heterocycles. The van der Waals surface area contributed by atoms with Crippen LogP contribution in [0.15, 0.2) is 0 Å². The second-order valence-corrected chi connectivity index (χ2v) is 5.62. The van der Waals surface area contributed by atoms with Crippen LogP contribution in [0, 0.1) is 0 Å². The molecule has 0 amide bonds. The zero-order valence-electron chi connectivity index (χ0n) is 7.11. The Balaban J connectivity index is 2.40. The van der Waals surface area contributed by atoms with Crippen molar-refractivity contribution in [1.29, 1.82) is 0 Å². The van der Waals surface area contributed by atoms with Crippen molar-refractivity contribution in [3.05, 3.63) is 0 Å². The van der Waals surface area contributed by atoms with Crippen LogP contribution in [0.2, 0.25) is 0 Å².